The van der Waals surface area contributed by atoms with Crippen LogP contribution in [-0.2, 0) is 4.79 Å². The summed E-state index contributed by atoms with van der Waals surface area (Å²) in [7, 11) is 0. The van der Waals surface area contributed by atoms with Crippen molar-refractivity contribution in [1.29, 1.82) is 0 Å². The summed E-state index contributed by atoms with van der Waals surface area (Å²) >= 11 is 5.86. The molecule has 0 saturated carbocycles. The Morgan fingerprint density at radius 2 is 1.68 bits per heavy atom. The Morgan fingerprint density at radius 3 is 2.28 bits per heavy atom. The Hall–Kier alpha value is -2.20. The van der Waals surface area contributed by atoms with Gasteiger partial charge in [0.05, 0.1) is 6.04 Å². The quantitative estimate of drug-likeness (QED) is 0.758. The van der Waals surface area contributed by atoms with Crippen molar-refractivity contribution in [2.45, 2.75) is 39.3 Å². The first kappa shape index (κ1) is 19.1. The zero-order chi connectivity index (χ0) is 18.2. The largest absolute Gasteiger partial charge is 0.491 e. The van der Waals surface area contributed by atoms with Crippen molar-refractivity contribution < 1.29 is 14.3 Å². The van der Waals surface area contributed by atoms with Gasteiger partial charge in [-0.15, -0.1) is 0 Å². The second-order valence-electron chi connectivity index (χ2n) is 6.00. The summed E-state index contributed by atoms with van der Waals surface area (Å²) in [5.41, 5.74) is 1.18. The highest BCUT2D eigenvalue weighted by Gasteiger charge is 2.20. The van der Waals surface area contributed by atoms with Gasteiger partial charge >= 0.3 is 0 Å². The van der Waals surface area contributed by atoms with Crippen LogP contribution in [0.4, 0.5) is 0 Å². The predicted molar refractivity (Wildman–Crippen MR) is 100 cm³/mol. The fourth-order valence-corrected chi connectivity index (χ4v) is 2.36. The summed E-state index contributed by atoms with van der Waals surface area (Å²) in [6.45, 7) is 6.24. The molecule has 134 valence electrons. The van der Waals surface area contributed by atoms with Gasteiger partial charge in [0.1, 0.15) is 18.1 Å². The molecule has 0 unspecified atom stereocenters. The highest BCUT2D eigenvalue weighted by atomic mass is 35.5. The minimum absolute atomic E-state index is 0.128. The van der Waals surface area contributed by atoms with E-state index in [1.54, 1.807) is 24.3 Å². The lowest BCUT2D eigenvalue weighted by molar-refractivity contribution is -0.128. The van der Waals surface area contributed by atoms with Crippen LogP contribution in [0.1, 0.15) is 25.8 Å². The molecule has 0 heterocycles. The van der Waals surface area contributed by atoms with E-state index in [2.05, 4.69) is 5.32 Å². The van der Waals surface area contributed by atoms with Crippen LogP contribution in [0, 0.1) is 6.92 Å². The Balaban J connectivity index is 1.83. The van der Waals surface area contributed by atoms with Gasteiger partial charge in [-0.05, 0) is 56.7 Å². The van der Waals surface area contributed by atoms with Gasteiger partial charge in [-0.25, -0.2) is 0 Å². The predicted octanol–water partition coefficient (Wildman–Crippen LogP) is 4.39. The molecule has 2 atom stereocenters. The number of benzene rings is 2. The van der Waals surface area contributed by atoms with Crippen molar-refractivity contribution in [2.75, 3.05) is 6.61 Å². The summed E-state index contributed by atoms with van der Waals surface area (Å²) in [5, 5.41) is 3.56. The maximum atomic E-state index is 12.4. The van der Waals surface area contributed by atoms with Crippen LogP contribution in [0.25, 0.3) is 0 Å². The average molecular weight is 362 g/mol. The molecule has 2 rings (SSSR count). The molecule has 1 amide bonds. The molecule has 2 aromatic carbocycles. The summed E-state index contributed by atoms with van der Waals surface area (Å²) in [5.74, 6) is 1.25. The van der Waals surface area contributed by atoms with Crippen molar-refractivity contribution >= 4 is 17.5 Å². The number of hydrogen-bond acceptors (Lipinski definition) is 3. The molecule has 0 fully saturated rings. The van der Waals surface area contributed by atoms with E-state index in [9.17, 15) is 4.79 Å². The first-order chi connectivity index (χ1) is 12.0. The number of hydrogen-bond donors (Lipinski definition) is 1. The molecule has 0 aliphatic carbocycles. The molecule has 4 nitrogen and oxygen atoms in total. The zero-order valence-electron chi connectivity index (χ0n) is 14.8. The third kappa shape index (κ3) is 6.31. The molecule has 0 aliphatic rings. The lowest BCUT2D eigenvalue weighted by Gasteiger charge is -2.21. The lowest BCUT2D eigenvalue weighted by atomic mass is 10.2. The normalized spacial score (nSPS) is 13.0. The van der Waals surface area contributed by atoms with Crippen LogP contribution in [0.5, 0.6) is 11.5 Å². The van der Waals surface area contributed by atoms with Crippen LogP contribution in [0.2, 0.25) is 5.02 Å². The summed E-state index contributed by atoms with van der Waals surface area (Å²) in [6.07, 6.45) is 0.0167. The number of carbonyl (C=O) groups excluding carboxylic acids is 1. The fraction of sp³-hybridized carbons (Fsp3) is 0.350. The van der Waals surface area contributed by atoms with Gasteiger partial charge in [-0.2, -0.15) is 0 Å². The molecule has 0 aromatic heterocycles. The third-order valence-electron chi connectivity index (χ3n) is 3.66. The molecular weight excluding hydrogens is 338 g/mol. The SMILES string of the molecule is CC[C@H](Oc1ccc(Cl)cc1)C(=O)N[C@H](C)COc1ccc(C)cc1. The first-order valence-electron chi connectivity index (χ1n) is 8.40. The number of carbonyl (C=O) groups is 1. The third-order valence-corrected chi connectivity index (χ3v) is 3.92. The number of amides is 1. The summed E-state index contributed by atoms with van der Waals surface area (Å²) < 4.78 is 11.4. The van der Waals surface area contributed by atoms with Gasteiger partial charge in [0.25, 0.3) is 5.91 Å². The number of halogens is 1. The number of ether oxygens (including phenoxy) is 2. The topological polar surface area (TPSA) is 47.6 Å². The monoisotopic (exact) mass is 361 g/mol. The van der Waals surface area contributed by atoms with Gasteiger partial charge < -0.3 is 14.8 Å². The van der Waals surface area contributed by atoms with Crippen molar-refractivity contribution in [3.63, 3.8) is 0 Å². The summed E-state index contributed by atoms with van der Waals surface area (Å²) in [6, 6.07) is 14.7. The molecule has 0 bridgehead atoms. The molecule has 2 aromatic rings. The van der Waals surface area contributed by atoms with Gasteiger partial charge in [0.15, 0.2) is 6.10 Å². The van der Waals surface area contributed by atoms with Crippen molar-refractivity contribution in [1.82, 2.24) is 5.32 Å². The van der Waals surface area contributed by atoms with Crippen molar-refractivity contribution in [3.05, 3.63) is 59.1 Å². The zero-order valence-corrected chi connectivity index (χ0v) is 15.5. The molecular formula is C20H24ClNO3. The van der Waals surface area contributed by atoms with E-state index in [1.807, 2.05) is 45.0 Å². The molecule has 1 N–H and O–H groups in total. The Kier molecular flexibility index (Phi) is 7.14. The van der Waals surface area contributed by atoms with E-state index < -0.39 is 6.10 Å². The van der Waals surface area contributed by atoms with Crippen molar-refractivity contribution in [2.24, 2.45) is 0 Å². The molecule has 0 radical (unpaired) electrons. The summed E-state index contributed by atoms with van der Waals surface area (Å²) in [4.78, 5) is 12.4. The highest BCUT2D eigenvalue weighted by Crippen LogP contribution is 2.18. The number of rotatable bonds is 8. The van der Waals surface area contributed by atoms with Crippen molar-refractivity contribution in [3.8, 4) is 11.5 Å². The minimum atomic E-state index is -0.553. The second kappa shape index (κ2) is 9.33. The smallest absolute Gasteiger partial charge is 0.261 e. The van der Waals surface area contributed by atoms with E-state index in [-0.39, 0.29) is 11.9 Å². The van der Waals surface area contributed by atoms with Crippen LogP contribution >= 0.6 is 11.6 Å². The lowest BCUT2D eigenvalue weighted by Crippen LogP contribution is -2.44. The standard InChI is InChI=1S/C20H24ClNO3/c1-4-19(25-18-11-7-16(21)8-12-18)20(23)22-15(3)13-24-17-9-5-14(2)6-10-17/h5-12,15,19H,4,13H2,1-3H3,(H,22,23)/t15-,19+/m1/s1. The minimum Gasteiger partial charge on any atom is -0.491 e. The Morgan fingerprint density at radius 1 is 1.08 bits per heavy atom. The highest BCUT2D eigenvalue weighted by molar-refractivity contribution is 6.30. The second-order valence-corrected chi connectivity index (χ2v) is 6.44. The van der Waals surface area contributed by atoms with Gasteiger partial charge in [-0.3, -0.25) is 4.79 Å². The van der Waals surface area contributed by atoms with E-state index >= 15 is 0 Å². The maximum absolute atomic E-state index is 12.4. The first-order valence-corrected chi connectivity index (χ1v) is 8.77. The van der Waals surface area contributed by atoms with E-state index in [1.165, 1.54) is 5.56 Å². The van der Waals surface area contributed by atoms with E-state index in [0.29, 0.717) is 23.8 Å². The molecule has 25 heavy (non-hydrogen) atoms. The van der Waals surface area contributed by atoms with Crippen LogP contribution in [0.15, 0.2) is 48.5 Å². The Bertz CT molecular complexity index is 670. The Labute approximate surface area is 154 Å². The molecule has 5 heteroatoms. The van der Waals surface area contributed by atoms with E-state index in [4.69, 9.17) is 21.1 Å². The van der Waals surface area contributed by atoms with E-state index in [0.717, 1.165) is 5.75 Å². The van der Waals surface area contributed by atoms with Crippen LogP contribution < -0.4 is 14.8 Å². The molecule has 0 aliphatic heterocycles. The number of aryl methyl sites for hydroxylation is 1. The fourth-order valence-electron chi connectivity index (χ4n) is 2.23. The molecule has 0 spiro atoms. The van der Waals surface area contributed by atoms with Crippen LogP contribution in [-0.4, -0.2) is 24.7 Å². The molecule has 0 saturated heterocycles. The van der Waals surface area contributed by atoms with Gasteiger partial charge in [-0.1, -0.05) is 36.2 Å². The number of nitrogens with one attached hydrogen (secondary N) is 1. The average Bonchev–Trinajstić information content (AvgIpc) is 2.60. The van der Waals surface area contributed by atoms with Gasteiger partial charge in [0, 0.05) is 5.02 Å². The van der Waals surface area contributed by atoms with Gasteiger partial charge in [0.2, 0.25) is 0 Å². The van der Waals surface area contributed by atoms with Crippen LogP contribution in [0.3, 0.4) is 0 Å². The maximum Gasteiger partial charge on any atom is 0.261 e.